The normalized spacial score (nSPS) is 17.8. The van der Waals surface area contributed by atoms with E-state index in [-0.39, 0.29) is 0 Å². The Morgan fingerprint density at radius 2 is 2.11 bits per heavy atom. The summed E-state index contributed by atoms with van der Waals surface area (Å²) in [4.78, 5) is 23.6. The van der Waals surface area contributed by atoms with Gasteiger partial charge in [0.25, 0.3) is 0 Å². The van der Waals surface area contributed by atoms with Crippen LogP contribution in [0, 0.1) is 13.8 Å². The molecular formula is C20H25N7. The van der Waals surface area contributed by atoms with E-state index in [4.69, 9.17) is 4.98 Å². The number of piperidine rings is 1. The van der Waals surface area contributed by atoms with Gasteiger partial charge in [-0.2, -0.15) is 0 Å². The highest BCUT2D eigenvalue weighted by atomic mass is 15.1. The molecule has 2 N–H and O–H groups in total. The Morgan fingerprint density at radius 3 is 2.93 bits per heavy atom. The number of aromatic nitrogens is 5. The average Bonchev–Trinajstić information content (AvgIpc) is 3.14. The lowest BCUT2D eigenvalue weighted by molar-refractivity contribution is 0.196. The van der Waals surface area contributed by atoms with E-state index in [9.17, 15) is 0 Å². The Kier molecular flexibility index (Phi) is 5.11. The van der Waals surface area contributed by atoms with Crippen LogP contribution in [0.5, 0.6) is 0 Å². The minimum atomic E-state index is 0.411. The van der Waals surface area contributed by atoms with E-state index in [1.165, 1.54) is 6.42 Å². The number of nitrogens with zero attached hydrogens (tertiary/aromatic N) is 5. The molecular weight excluding hydrogens is 338 g/mol. The molecule has 27 heavy (non-hydrogen) atoms. The van der Waals surface area contributed by atoms with Crippen molar-refractivity contribution in [3.8, 4) is 0 Å². The number of aromatic amines is 1. The lowest BCUT2D eigenvalue weighted by Gasteiger charge is -2.32. The number of hydrogen-bond acceptors (Lipinski definition) is 6. The molecule has 0 radical (unpaired) electrons. The second-order valence-corrected chi connectivity index (χ2v) is 7.17. The molecule has 0 aromatic carbocycles. The van der Waals surface area contributed by atoms with Gasteiger partial charge in [0.2, 0.25) is 0 Å². The quantitative estimate of drug-likeness (QED) is 0.723. The SMILES string of the molecule is Cc1cccc(Nc2cc([C@H]3CCCN(Cc4cnc[nH]4)C3)nc(C)n2)n1. The third kappa shape index (κ3) is 4.49. The maximum Gasteiger partial charge on any atom is 0.135 e. The van der Waals surface area contributed by atoms with E-state index in [1.807, 2.05) is 38.2 Å². The monoisotopic (exact) mass is 363 g/mol. The summed E-state index contributed by atoms with van der Waals surface area (Å²) in [5.41, 5.74) is 3.24. The van der Waals surface area contributed by atoms with Crippen LogP contribution in [0.15, 0.2) is 36.8 Å². The molecule has 0 bridgehead atoms. The lowest BCUT2D eigenvalue weighted by atomic mass is 9.94. The largest absolute Gasteiger partial charge is 0.347 e. The van der Waals surface area contributed by atoms with Gasteiger partial charge in [-0.3, -0.25) is 4.90 Å². The van der Waals surface area contributed by atoms with Crippen LogP contribution in [0.3, 0.4) is 0 Å². The van der Waals surface area contributed by atoms with Gasteiger partial charge in [0.1, 0.15) is 17.5 Å². The summed E-state index contributed by atoms with van der Waals surface area (Å²) in [5, 5.41) is 3.32. The highest BCUT2D eigenvalue weighted by molar-refractivity contribution is 5.52. The van der Waals surface area contributed by atoms with Gasteiger partial charge in [-0.1, -0.05) is 6.07 Å². The molecule has 140 valence electrons. The summed E-state index contributed by atoms with van der Waals surface area (Å²) in [6.07, 6.45) is 5.96. The zero-order chi connectivity index (χ0) is 18.6. The van der Waals surface area contributed by atoms with Crippen LogP contribution in [-0.4, -0.2) is 42.9 Å². The molecule has 3 aromatic rings. The Morgan fingerprint density at radius 1 is 1.19 bits per heavy atom. The fourth-order valence-corrected chi connectivity index (χ4v) is 3.66. The first kappa shape index (κ1) is 17.6. The highest BCUT2D eigenvalue weighted by Crippen LogP contribution is 2.28. The molecule has 7 heteroatoms. The zero-order valence-electron chi connectivity index (χ0n) is 15.8. The fourth-order valence-electron chi connectivity index (χ4n) is 3.66. The van der Waals surface area contributed by atoms with Crippen molar-refractivity contribution in [1.29, 1.82) is 0 Å². The van der Waals surface area contributed by atoms with Crippen molar-refractivity contribution in [2.45, 2.75) is 39.2 Å². The number of likely N-dealkylation sites (tertiary alicyclic amines) is 1. The summed E-state index contributed by atoms with van der Waals surface area (Å²) in [6, 6.07) is 8.00. The van der Waals surface area contributed by atoms with Crippen molar-refractivity contribution < 1.29 is 0 Å². The minimum absolute atomic E-state index is 0.411. The number of nitrogens with one attached hydrogen (secondary N) is 2. The standard InChI is InChI=1S/C20H25N7/c1-14-5-3-7-19(23-14)26-20-9-18(24-15(2)25-20)16-6-4-8-27(11-16)12-17-10-21-13-22-17/h3,5,7,9-10,13,16H,4,6,8,11-12H2,1-2H3,(H,21,22)(H,23,24,25,26)/t16-/m0/s1. The van der Waals surface area contributed by atoms with Gasteiger partial charge in [0.15, 0.2) is 0 Å². The molecule has 0 saturated carbocycles. The van der Waals surface area contributed by atoms with E-state index in [2.05, 4.69) is 36.2 Å². The van der Waals surface area contributed by atoms with Crippen LogP contribution in [-0.2, 0) is 6.54 Å². The molecule has 0 unspecified atom stereocenters. The number of anilines is 2. The van der Waals surface area contributed by atoms with Crippen LogP contribution in [0.1, 0.15) is 41.7 Å². The van der Waals surface area contributed by atoms with E-state index < -0.39 is 0 Å². The van der Waals surface area contributed by atoms with E-state index in [0.29, 0.717) is 5.92 Å². The Bertz CT molecular complexity index is 891. The smallest absolute Gasteiger partial charge is 0.135 e. The third-order valence-corrected chi connectivity index (χ3v) is 4.87. The van der Waals surface area contributed by atoms with Crippen LogP contribution >= 0.6 is 0 Å². The van der Waals surface area contributed by atoms with Crippen LogP contribution in [0.2, 0.25) is 0 Å². The van der Waals surface area contributed by atoms with E-state index in [1.54, 1.807) is 6.33 Å². The molecule has 7 nitrogen and oxygen atoms in total. The molecule has 3 aromatic heterocycles. The third-order valence-electron chi connectivity index (χ3n) is 4.87. The van der Waals surface area contributed by atoms with Gasteiger partial charge < -0.3 is 10.3 Å². The highest BCUT2D eigenvalue weighted by Gasteiger charge is 2.23. The minimum Gasteiger partial charge on any atom is -0.347 e. The van der Waals surface area contributed by atoms with Crippen molar-refractivity contribution in [2.24, 2.45) is 0 Å². The number of aryl methyl sites for hydroxylation is 2. The van der Waals surface area contributed by atoms with Crippen molar-refractivity contribution in [2.75, 3.05) is 18.4 Å². The first-order valence-electron chi connectivity index (χ1n) is 9.41. The molecule has 1 atom stereocenters. The first-order valence-corrected chi connectivity index (χ1v) is 9.41. The molecule has 1 aliphatic rings. The molecule has 0 aliphatic carbocycles. The predicted octanol–water partition coefficient (Wildman–Crippen LogP) is 3.33. The van der Waals surface area contributed by atoms with Gasteiger partial charge in [0, 0.05) is 42.7 Å². The molecule has 0 amide bonds. The number of H-pyrrole nitrogens is 1. The Labute approximate surface area is 159 Å². The molecule has 1 saturated heterocycles. The molecule has 4 heterocycles. The fraction of sp³-hybridized carbons (Fsp3) is 0.400. The van der Waals surface area contributed by atoms with Crippen molar-refractivity contribution in [3.05, 3.63) is 59.7 Å². The molecule has 4 rings (SSSR count). The predicted molar refractivity (Wildman–Crippen MR) is 105 cm³/mol. The van der Waals surface area contributed by atoms with Crippen molar-refractivity contribution >= 4 is 11.6 Å². The number of rotatable bonds is 5. The second-order valence-electron chi connectivity index (χ2n) is 7.17. The first-order chi connectivity index (χ1) is 13.2. The van der Waals surface area contributed by atoms with Crippen LogP contribution in [0.25, 0.3) is 0 Å². The van der Waals surface area contributed by atoms with E-state index in [0.717, 1.165) is 60.6 Å². The zero-order valence-corrected chi connectivity index (χ0v) is 15.8. The summed E-state index contributed by atoms with van der Waals surface area (Å²) in [7, 11) is 0. The summed E-state index contributed by atoms with van der Waals surface area (Å²) < 4.78 is 0. The van der Waals surface area contributed by atoms with Gasteiger partial charge in [-0.15, -0.1) is 0 Å². The summed E-state index contributed by atoms with van der Waals surface area (Å²) >= 11 is 0. The van der Waals surface area contributed by atoms with Crippen LogP contribution in [0.4, 0.5) is 11.6 Å². The number of imidazole rings is 1. The van der Waals surface area contributed by atoms with Crippen molar-refractivity contribution in [3.63, 3.8) is 0 Å². The molecule has 1 fully saturated rings. The lowest BCUT2D eigenvalue weighted by Crippen LogP contribution is -2.34. The molecule has 1 aliphatic heterocycles. The maximum atomic E-state index is 4.73. The van der Waals surface area contributed by atoms with Crippen LogP contribution < -0.4 is 5.32 Å². The number of hydrogen-bond donors (Lipinski definition) is 2. The number of pyridine rings is 1. The van der Waals surface area contributed by atoms with Gasteiger partial charge >= 0.3 is 0 Å². The maximum absolute atomic E-state index is 4.73. The van der Waals surface area contributed by atoms with E-state index >= 15 is 0 Å². The van der Waals surface area contributed by atoms with Gasteiger partial charge in [-0.05, 0) is 45.4 Å². The molecule has 0 spiro atoms. The topological polar surface area (TPSA) is 82.6 Å². The van der Waals surface area contributed by atoms with Gasteiger partial charge in [0.05, 0.1) is 12.0 Å². The summed E-state index contributed by atoms with van der Waals surface area (Å²) in [5.74, 6) is 2.81. The Hall–Kier alpha value is -2.80. The van der Waals surface area contributed by atoms with Gasteiger partial charge in [-0.25, -0.2) is 19.9 Å². The van der Waals surface area contributed by atoms with Crippen molar-refractivity contribution in [1.82, 2.24) is 29.8 Å². The second kappa shape index (κ2) is 7.84. The Balaban J connectivity index is 1.50. The summed E-state index contributed by atoms with van der Waals surface area (Å²) in [6.45, 7) is 6.94. The average molecular weight is 363 g/mol.